The Morgan fingerprint density at radius 2 is 1.12 bits per heavy atom. The predicted molar refractivity (Wildman–Crippen MR) is 169 cm³/mol. The lowest BCUT2D eigenvalue weighted by Crippen LogP contribution is -2.40. The number of hydrogen-bond donors (Lipinski definition) is 0. The molecule has 0 spiro atoms. The van der Waals surface area contributed by atoms with Crippen molar-refractivity contribution in [3.63, 3.8) is 0 Å². The van der Waals surface area contributed by atoms with E-state index < -0.39 is 0 Å². The van der Waals surface area contributed by atoms with Crippen LogP contribution in [0.25, 0.3) is 17.2 Å². The number of hydrogen-bond acceptors (Lipinski definition) is 0. The topological polar surface area (TPSA) is 0 Å². The molecule has 5 aromatic carbocycles. The largest absolute Gasteiger partial charge is 0.0751 e. The molecule has 40 heavy (non-hydrogen) atoms. The Balaban J connectivity index is 1.63. The molecule has 1 unspecified atom stereocenters. The maximum absolute atomic E-state index is 2.51. The van der Waals surface area contributed by atoms with E-state index in [9.17, 15) is 0 Å². The fourth-order valence-corrected chi connectivity index (χ4v) is 7.58. The summed E-state index contributed by atoms with van der Waals surface area (Å²) in [4.78, 5) is 0. The molecule has 0 aliphatic heterocycles. The van der Waals surface area contributed by atoms with Gasteiger partial charge in [-0.15, -0.1) is 0 Å². The van der Waals surface area contributed by atoms with Crippen molar-refractivity contribution < 1.29 is 0 Å². The Hall–Kier alpha value is -4.16. The highest BCUT2D eigenvalue weighted by Gasteiger charge is 2.53. The van der Waals surface area contributed by atoms with E-state index in [-0.39, 0.29) is 17.3 Å². The van der Waals surface area contributed by atoms with Gasteiger partial charge in [0.25, 0.3) is 0 Å². The fraction of sp³-hybridized carbons (Fsp3) is 0.200. The Morgan fingerprint density at radius 3 is 1.65 bits per heavy atom. The third-order valence-corrected chi connectivity index (χ3v) is 9.46. The van der Waals surface area contributed by atoms with Crippen molar-refractivity contribution in [2.45, 2.75) is 50.9 Å². The van der Waals surface area contributed by atoms with Crippen molar-refractivity contribution >= 4 is 6.08 Å². The molecule has 196 valence electrons. The molecule has 0 aromatic heterocycles. The van der Waals surface area contributed by atoms with Crippen molar-refractivity contribution in [2.24, 2.45) is 0 Å². The maximum Gasteiger partial charge on any atom is 0.0415 e. The maximum atomic E-state index is 2.51. The number of fused-ring (bicyclic) bond motifs is 4. The van der Waals surface area contributed by atoms with Gasteiger partial charge < -0.3 is 0 Å². The monoisotopic (exact) mass is 516 g/mol. The zero-order valence-electron chi connectivity index (χ0n) is 23.7. The average molecular weight is 517 g/mol. The smallest absolute Gasteiger partial charge is 0.0415 e. The number of aryl methyl sites for hydroxylation is 3. The van der Waals surface area contributed by atoms with E-state index in [0.717, 1.165) is 12.8 Å². The summed E-state index contributed by atoms with van der Waals surface area (Å²) in [5, 5.41) is 0. The summed E-state index contributed by atoms with van der Waals surface area (Å²) in [6, 6.07) is 44.2. The molecule has 0 amide bonds. The van der Waals surface area contributed by atoms with Gasteiger partial charge in [-0.25, -0.2) is 0 Å². The van der Waals surface area contributed by atoms with Crippen LogP contribution in [0, 0.1) is 6.92 Å². The quantitative estimate of drug-likeness (QED) is 0.211. The lowest BCUT2D eigenvalue weighted by atomic mass is 9.55. The second-order valence-corrected chi connectivity index (χ2v) is 11.6. The summed E-state index contributed by atoms with van der Waals surface area (Å²) in [5.74, 6) is 0.356. The number of benzene rings is 5. The van der Waals surface area contributed by atoms with Crippen LogP contribution in [0.4, 0.5) is 0 Å². The zero-order valence-corrected chi connectivity index (χ0v) is 23.7. The minimum absolute atomic E-state index is 0.169. The van der Waals surface area contributed by atoms with Crippen molar-refractivity contribution in [1.29, 1.82) is 0 Å². The predicted octanol–water partition coefficient (Wildman–Crippen LogP) is 10.0. The van der Waals surface area contributed by atoms with Gasteiger partial charge in [0.1, 0.15) is 0 Å². The number of rotatable bonds is 6. The second kappa shape index (κ2) is 9.79. The highest BCUT2D eigenvalue weighted by molar-refractivity contribution is 5.82. The number of allylic oxidation sites excluding steroid dienone is 1. The Kier molecular flexibility index (Phi) is 6.08. The third kappa shape index (κ3) is 3.66. The molecule has 2 aliphatic rings. The van der Waals surface area contributed by atoms with E-state index in [2.05, 4.69) is 148 Å². The SMILES string of the molecule is CCc1ccc2c(c1)C(C(c1ccccc1)(c1ccccc1)C1C=Cc3cc(C)ccc31)c1cc(CC)ccc1-2. The highest BCUT2D eigenvalue weighted by atomic mass is 14.5. The average Bonchev–Trinajstić information content (AvgIpc) is 3.57. The van der Waals surface area contributed by atoms with Gasteiger partial charge in [0.2, 0.25) is 0 Å². The first kappa shape index (κ1) is 24.9. The van der Waals surface area contributed by atoms with Crippen LogP contribution in [0.3, 0.4) is 0 Å². The van der Waals surface area contributed by atoms with Crippen molar-refractivity contribution in [2.75, 3.05) is 0 Å². The lowest BCUT2D eigenvalue weighted by molar-refractivity contribution is 0.416. The highest BCUT2D eigenvalue weighted by Crippen LogP contribution is 2.63. The van der Waals surface area contributed by atoms with Crippen LogP contribution in [0.5, 0.6) is 0 Å². The Labute approximate surface area is 239 Å². The Bertz CT molecular complexity index is 1630. The van der Waals surface area contributed by atoms with Gasteiger partial charge in [-0.1, -0.05) is 147 Å². The molecule has 0 heteroatoms. The first-order chi connectivity index (χ1) is 19.6. The van der Waals surface area contributed by atoms with Gasteiger partial charge in [-0.3, -0.25) is 0 Å². The van der Waals surface area contributed by atoms with Crippen LogP contribution in [0.2, 0.25) is 0 Å². The van der Waals surface area contributed by atoms with Gasteiger partial charge in [0, 0.05) is 17.3 Å². The molecule has 1 atom stereocenters. The molecule has 0 N–H and O–H groups in total. The zero-order chi connectivity index (χ0) is 27.3. The summed E-state index contributed by atoms with van der Waals surface area (Å²) < 4.78 is 0. The Morgan fingerprint density at radius 1 is 0.575 bits per heavy atom. The van der Waals surface area contributed by atoms with Crippen LogP contribution in [-0.2, 0) is 18.3 Å². The molecule has 5 aromatic rings. The molecular weight excluding hydrogens is 480 g/mol. The molecule has 0 heterocycles. The van der Waals surface area contributed by atoms with E-state index in [4.69, 9.17) is 0 Å². The van der Waals surface area contributed by atoms with Crippen LogP contribution < -0.4 is 0 Å². The van der Waals surface area contributed by atoms with Gasteiger partial charge >= 0.3 is 0 Å². The lowest BCUT2D eigenvalue weighted by Gasteiger charge is -2.46. The van der Waals surface area contributed by atoms with E-state index in [1.807, 2.05) is 0 Å². The van der Waals surface area contributed by atoms with E-state index in [1.165, 1.54) is 61.2 Å². The molecule has 7 rings (SSSR count). The molecule has 0 bridgehead atoms. The molecular formula is C40H36. The van der Waals surface area contributed by atoms with Crippen molar-refractivity contribution in [3.05, 3.63) is 171 Å². The normalized spacial score (nSPS) is 15.6. The van der Waals surface area contributed by atoms with Gasteiger partial charge in [0.15, 0.2) is 0 Å². The summed E-state index contributed by atoms with van der Waals surface area (Å²) >= 11 is 0. The third-order valence-electron chi connectivity index (χ3n) is 9.46. The van der Waals surface area contributed by atoms with Gasteiger partial charge in [-0.2, -0.15) is 0 Å². The molecule has 0 fully saturated rings. The minimum atomic E-state index is -0.335. The molecule has 0 saturated carbocycles. The van der Waals surface area contributed by atoms with Gasteiger partial charge in [-0.05, 0) is 75.4 Å². The first-order valence-corrected chi connectivity index (χ1v) is 14.8. The van der Waals surface area contributed by atoms with Crippen LogP contribution in [0.1, 0.15) is 75.8 Å². The molecule has 2 aliphatic carbocycles. The summed E-state index contributed by atoms with van der Waals surface area (Å²) in [5.41, 5.74) is 15.0. The van der Waals surface area contributed by atoms with E-state index in [0.29, 0.717) is 0 Å². The summed E-state index contributed by atoms with van der Waals surface area (Å²) in [6.45, 7) is 6.74. The molecule has 0 saturated heterocycles. The first-order valence-electron chi connectivity index (χ1n) is 14.8. The van der Waals surface area contributed by atoms with Crippen LogP contribution in [-0.4, -0.2) is 0 Å². The summed E-state index contributed by atoms with van der Waals surface area (Å²) in [7, 11) is 0. The summed E-state index contributed by atoms with van der Waals surface area (Å²) in [6.07, 6.45) is 6.93. The molecule has 0 nitrogen and oxygen atoms in total. The minimum Gasteiger partial charge on any atom is -0.0751 e. The second-order valence-electron chi connectivity index (χ2n) is 11.6. The van der Waals surface area contributed by atoms with Crippen LogP contribution in [0.15, 0.2) is 121 Å². The van der Waals surface area contributed by atoms with Crippen molar-refractivity contribution in [1.82, 2.24) is 0 Å². The van der Waals surface area contributed by atoms with Crippen LogP contribution >= 0.6 is 0 Å². The standard InChI is InChI=1S/C40H36/c1-4-28-17-21-34-35-22-18-29(5-2)26-37(35)39(36(34)25-28)40(31-12-8-6-9-13-31,32-14-10-7-11-15-32)38-23-19-30-24-27(3)16-20-33(30)38/h6-26,38-39H,4-5H2,1-3H3. The molecule has 0 radical (unpaired) electrons. The van der Waals surface area contributed by atoms with E-state index >= 15 is 0 Å². The van der Waals surface area contributed by atoms with Crippen molar-refractivity contribution in [3.8, 4) is 11.1 Å². The fourth-order valence-electron chi connectivity index (χ4n) is 7.58. The van der Waals surface area contributed by atoms with Gasteiger partial charge in [0.05, 0.1) is 0 Å². The van der Waals surface area contributed by atoms with E-state index in [1.54, 1.807) is 0 Å².